The van der Waals surface area contributed by atoms with E-state index < -0.39 is 17.7 Å². The van der Waals surface area contributed by atoms with Gasteiger partial charge in [-0.25, -0.2) is 4.79 Å². The third-order valence-electron chi connectivity index (χ3n) is 5.29. The van der Waals surface area contributed by atoms with Gasteiger partial charge < -0.3 is 15.4 Å². The Hall–Kier alpha value is -3.97. The van der Waals surface area contributed by atoms with Crippen LogP contribution in [0.25, 0.3) is 11.1 Å². The summed E-state index contributed by atoms with van der Waals surface area (Å²) >= 11 is 6.40. The molecule has 4 rings (SSSR count). The molecule has 0 unspecified atom stereocenters. The Morgan fingerprint density at radius 2 is 1.40 bits per heavy atom. The van der Waals surface area contributed by atoms with E-state index in [1.54, 1.807) is 36.4 Å². The molecular weight excluding hydrogens is 477 g/mol. The molecule has 4 nitrogen and oxygen atoms in total. The topological polar surface area (TPSA) is 50.4 Å². The van der Waals surface area contributed by atoms with Gasteiger partial charge in [-0.05, 0) is 65.7 Å². The molecule has 0 aromatic heterocycles. The van der Waals surface area contributed by atoms with E-state index in [1.165, 1.54) is 25.3 Å². The zero-order chi connectivity index (χ0) is 25.0. The van der Waals surface area contributed by atoms with Gasteiger partial charge in [0.15, 0.2) is 0 Å². The number of esters is 1. The summed E-state index contributed by atoms with van der Waals surface area (Å²) in [5, 5.41) is 6.64. The summed E-state index contributed by atoms with van der Waals surface area (Å²) in [5.74, 6) is -0.442. The molecule has 0 saturated heterocycles. The largest absolute Gasteiger partial charge is 0.465 e. The normalized spacial score (nSPS) is 11.1. The standard InChI is InChI=1S/C27H20ClF3N2O2/c1-35-26(34)21-7-3-5-9-24(21)32-18-11-13-19(14-12-18)33-25-15-10-17(16-23(25)28)20-6-2-4-8-22(20)27(29,30)31/h2-16,32-33H,1H3. The molecule has 178 valence electrons. The van der Waals surface area contributed by atoms with Crippen LogP contribution in [0.5, 0.6) is 0 Å². The smallest absolute Gasteiger partial charge is 0.417 e. The van der Waals surface area contributed by atoms with E-state index >= 15 is 0 Å². The monoisotopic (exact) mass is 496 g/mol. The first-order valence-corrected chi connectivity index (χ1v) is 10.9. The first-order valence-electron chi connectivity index (χ1n) is 10.5. The summed E-state index contributed by atoms with van der Waals surface area (Å²) in [6.07, 6.45) is -4.47. The lowest BCUT2D eigenvalue weighted by molar-refractivity contribution is -0.137. The van der Waals surface area contributed by atoms with Crippen LogP contribution in [-0.4, -0.2) is 13.1 Å². The number of hydrogen-bond acceptors (Lipinski definition) is 4. The highest BCUT2D eigenvalue weighted by Gasteiger charge is 2.33. The van der Waals surface area contributed by atoms with Crippen LogP contribution in [-0.2, 0) is 10.9 Å². The predicted molar refractivity (Wildman–Crippen MR) is 133 cm³/mol. The number of hydrogen-bond donors (Lipinski definition) is 2. The molecule has 0 bridgehead atoms. The first kappa shape index (κ1) is 24.2. The molecule has 8 heteroatoms. The average Bonchev–Trinajstić information content (AvgIpc) is 2.86. The molecule has 0 atom stereocenters. The van der Waals surface area contributed by atoms with E-state index in [-0.39, 0.29) is 10.6 Å². The molecule has 0 aliphatic heterocycles. The van der Waals surface area contributed by atoms with Gasteiger partial charge in [0, 0.05) is 11.4 Å². The highest BCUT2D eigenvalue weighted by molar-refractivity contribution is 6.33. The maximum Gasteiger partial charge on any atom is 0.417 e. The van der Waals surface area contributed by atoms with Crippen molar-refractivity contribution < 1.29 is 22.7 Å². The van der Waals surface area contributed by atoms with Crippen molar-refractivity contribution >= 4 is 40.3 Å². The first-order chi connectivity index (χ1) is 16.8. The number of carbonyl (C=O) groups is 1. The van der Waals surface area contributed by atoms with Crippen LogP contribution in [0.15, 0.2) is 91.0 Å². The molecule has 0 heterocycles. The minimum atomic E-state index is -4.47. The Balaban J connectivity index is 1.51. The van der Waals surface area contributed by atoms with Crippen molar-refractivity contribution in [1.29, 1.82) is 0 Å². The van der Waals surface area contributed by atoms with E-state index in [2.05, 4.69) is 10.6 Å². The third-order valence-corrected chi connectivity index (χ3v) is 5.60. The number of halogens is 4. The fraction of sp³-hybridized carbons (Fsp3) is 0.0741. The summed E-state index contributed by atoms with van der Waals surface area (Å²) in [5.41, 5.74) is 2.77. The van der Waals surface area contributed by atoms with Crippen molar-refractivity contribution in [3.63, 3.8) is 0 Å². The summed E-state index contributed by atoms with van der Waals surface area (Å²) < 4.78 is 44.9. The number of carbonyl (C=O) groups excluding carboxylic acids is 1. The lowest BCUT2D eigenvalue weighted by Crippen LogP contribution is -2.06. The molecular formula is C27H20ClF3N2O2. The molecule has 0 radical (unpaired) electrons. The lowest BCUT2D eigenvalue weighted by Gasteiger charge is -2.15. The van der Waals surface area contributed by atoms with Gasteiger partial charge in [-0.1, -0.05) is 48.0 Å². The van der Waals surface area contributed by atoms with Gasteiger partial charge in [0.25, 0.3) is 0 Å². The quantitative estimate of drug-likeness (QED) is 0.264. The Morgan fingerprint density at radius 1 is 0.800 bits per heavy atom. The number of ether oxygens (including phenoxy) is 1. The molecule has 0 spiro atoms. The van der Waals surface area contributed by atoms with Gasteiger partial charge >= 0.3 is 12.1 Å². The predicted octanol–water partition coefficient (Wildman–Crippen LogP) is 8.30. The SMILES string of the molecule is COC(=O)c1ccccc1Nc1ccc(Nc2ccc(-c3ccccc3C(F)(F)F)cc2Cl)cc1. The zero-order valence-electron chi connectivity index (χ0n) is 18.5. The second-order valence-electron chi connectivity index (χ2n) is 7.60. The maximum atomic E-state index is 13.4. The summed E-state index contributed by atoms with van der Waals surface area (Å²) in [4.78, 5) is 12.0. The highest BCUT2D eigenvalue weighted by Crippen LogP contribution is 2.39. The van der Waals surface area contributed by atoms with Gasteiger partial charge in [0.1, 0.15) is 0 Å². The summed E-state index contributed by atoms with van der Waals surface area (Å²) in [6, 6.07) is 24.4. The van der Waals surface area contributed by atoms with E-state index in [0.29, 0.717) is 22.5 Å². The van der Waals surface area contributed by atoms with Crippen molar-refractivity contribution in [2.45, 2.75) is 6.18 Å². The second-order valence-corrected chi connectivity index (χ2v) is 8.01. The van der Waals surface area contributed by atoms with Gasteiger partial charge in [-0.3, -0.25) is 0 Å². The second kappa shape index (κ2) is 10.1. The van der Waals surface area contributed by atoms with Crippen molar-refractivity contribution in [2.24, 2.45) is 0 Å². The van der Waals surface area contributed by atoms with E-state index in [1.807, 2.05) is 30.3 Å². The van der Waals surface area contributed by atoms with Gasteiger partial charge in [0.2, 0.25) is 0 Å². The summed E-state index contributed by atoms with van der Waals surface area (Å²) in [6.45, 7) is 0. The van der Waals surface area contributed by atoms with Crippen LogP contribution in [0.2, 0.25) is 5.02 Å². The molecule has 0 fully saturated rings. The van der Waals surface area contributed by atoms with E-state index in [4.69, 9.17) is 16.3 Å². The van der Waals surface area contributed by atoms with E-state index in [9.17, 15) is 18.0 Å². The number of alkyl halides is 3. The molecule has 0 amide bonds. The Bertz CT molecular complexity index is 1360. The van der Waals surface area contributed by atoms with Crippen molar-refractivity contribution in [3.05, 3.63) is 107 Å². The van der Waals surface area contributed by atoms with Crippen LogP contribution in [0.1, 0.15) is 15.9 Å². The molecule has 0 aliphatic carbocycles. The number of benzene rings is 4. The molecule has 35 heavy (non-hydrogen) atoms. The number of methoxy groups -OCH3 is 1. The van der Waals surface area contributed by atoms with Gasteiger partial charge in [-0.2, -0.15) is 13.2 Å². The van der Waals surface area contributed by atoms with Crippen molar-refractivity contribution in [2.75, 3.05) is 17.7 Å². The van der Waals surface area contributed by atoms with Crippen LogP contribution in [0, 0.1) is 0 Å². The Morgan fingerprint density at radius 3 is 2.03 bits per heavy atom. The molecule has 0 saturated carbocycles. The molecule has 0 aliphatic rings. The summed E-state index contributed by atoms with van der Waals surface area (Å²) in [7, 11) is 1.33. The minimum Gasteiger partial charge on any atom is -0.465 e. The minimum absolute atomic E-state index is 0.0658. The fourth-order valence-electron chi connectivity index (χ4n) is 3.59. The van der Waals surface area contributed by atoms with Crippen LogP contribution >= 0.6 is 11.6 Å². The molecule has 2 N–H and O–H groups in total. The average molecular weight is 497 g/mol. The van der Waals surface area contributed by atoms with Gasteiger partial charge in [-0.15, -0.1) is 0 Å². The number of anilines is 4. The van der Waals surface area contributed by atoms with Crippen LogP contribution < -0.4 is 10.6 Å². The molecule has 4 aromatic carbocycles. The number of nitrogens with one attached hydrogen (secondary N) is 2. The van der Waals surface area contributed by atoms with Gasteiger partial charge in [0.05, 0.1) is 34.6 Å². The van der Waals surface area contributed by atoms with E-state index in [0.717, 1.165) is 17.4 Å². The van der Waals surface area contributed by atoms with Crippen molar-refractivity contribution in [3.8, 4) is 11.1 Å². The molecule has 4 aromatic rings. The Kier molecular flexibility index (Phi) is 6.98. The fourth-order valence-corrected chi connectivity index (χ4v) is 3.82. The zero-order valence-corrected chi connectivity index (χ0v) is 19.2. The van der Waals surface area contributed by atoms with Crippen molar-refractivity contribution in [1.82, 2.24) is 0 Å². The Labute approximate surface area is 205 Å². The maximum absolute atomic E-state index is 13.4. The number of para-hydroxylation sites is 1. The lowest BCUT2D eigenvalue weighted by atomic mass is 9.99. The van der Waals surface area contributed by atoms with Crippen LogP contribution in [0.4, 0.5) is 35.9 Å². The number of rotatable bonds is 6. The van der Waals surface area contributed by atoms with Crippen LogP contribution in [0.3, 0.4) is 0 Å². The highest BCUT2D eigenvalue weighted by atomic mass is 35.5. The third kappa shape index (κ3) is 5.58.